The predicted octanol–water partition coefficient (Wildman–Crippen LogP) is 1.95. The van der Waals surface area contributed by atoms with Gasteiger partial charge in [-0.1, -0.05) is 0 Å². The van der Waals surface area contributed by atoms with Gasteiger partial charge in [-0.25, -0.2) is 9.59 Å². The number of aromatic nitrogens is 2. The molecule has 2 aromatic rings. The van der Waals surface area contributed by atoms with Crippen LogP contribution in [0, 0.1) is 0 Å². The van der Waals surface area contributed by atoms with Gasteiger partial charge in [-0.3, -0.25) is 13.9 Å². The maximum Gasteiger partial charge on any atom is 0.407 e. The normalized spacial score (nSPS) is 15.9. The van der Waals surface area contributed by atoms with Gasteiger partial charge < -0.3 is 19.6 Å². The zero-order valence-corrected chi connectivity index (χ0v) is 18.9. The van der Waals surface area contributed by atoms with Gasteiger partial charge in [-0.2, -0.15) is 0 Å². The number of benzene rings is 1. The third kappa shape index (κ3) is 4.61. The second-order valence-corrected chi connectivity index (χ2v) is 9.08. The number of rotatable bonds is 5. The average Bonchev–Trinajstić information content (AvgIpc) is 2.71. The Balaban J connectivity index is 1.76. The van der Waals surface area contributed by atoms with Crippen LogP contribution in [0.2, 0.25) is 0 Å². The Kier molecular flexibility index (Phi) is 6.45. The quantitative estimate of drug-likeness (QED) is 0.776. The molecule has 9 heteroatoms. The van der Waals surface area contributed by atoms with Gasteiger partial charge in [0.05, 0.1) is 18.0 Å². The molecule has 1 fully saturated rings. The Hall–Kier alpha value is -2.81. The number of fused-ring (bicyclic) bond motifs is 1. The van der Waals surface area contributed by atoms with Crippen LogP contribution in [0.1, 0.15) is 33.6 Å². The fourth-order valence-corrected chi connectivity index (χ4v) is 4.44. The van der Waals surface area contributed by atoms with Crippen LogP contribution < -0.4 is 16.0 Å². The van der Waals surface area contributed by atoms with Crippen LogP contribution >= 0.6 is 0 Å². The molecule has 0 bridgehead atoms. The zero-order valence-electron chi connectivity index (χ0n) is 18.9. The molecule has 170 valence electrons. The number of amides is 1. The fourth-order valence-electron chi connectivity index (χ4n) is 4.44. The summed E-state index contributed by atoms with van der Waals surface area (Å²) in [4.78, 5) is 40.8. The van der Waals surface area contributed by atoms with E-state index in [9.17, 15) is 19.5 Å². The second-order valence-electron chi connectivity index (χ2n) is 9.08. The van der Waals surface area contributed by atoms with Crippen LogP contribution in [0.3, 0.4) is 0 Å². The molecule has 31 heavy (non-hydrogen) atoms. The van der Waals surface area contributed by atoms with E-state index in [1.54, 1.807) is 34.8 Å². The summed E-state index contributed by atoms with van der Waals surface area (Å²) in [6, 6.07) is 5.11. The lowest BCUT2D eigenvalue weighted by molar-refractivity contribution is 0.0416. The molecule has 0 saturated carbocycles. The van der Waals surface area contributed by atoms with E-state index in [4.69, 9.17) is 4.74 Å². The summed E-state index contributed by atoms with van der Waals surface area (Å²) in [7, 11) is 3.04. The van der Waals surface area contributed by atoms with Gasteiger partial charge in [-0.05, 0) is 45.7 Å². The van der Waals surface area contributed by atoms with Gasteiger partial charge in [0.25, 0.3) is 5.56 Å². The summed E-state index contributed by atoms with van der Waals surface area (Å²) in [5, 5.41) is 10.1. The zero-order chi connectivity index (χ0) is 22.9. The third-order valence-electron chi connectivity index (χ3n) is 6.04. The highest BCUT2D eigenvalue weighted by atomic mass is 16.5. The van der Waals surface area contributed by atoms with Crippen molar-refractivity contribution in [2.75, 3.05) is 26.7 Å². The molecule has 1 aromatic carbocycles. The molecule has 9 nitrogen and oxygen atoms in total. The Morgan fingerprint density at radius 1 is 1.19 bits per heavy atom. The minimum absolute atomic E-state index is 0.0147. The van der Waals surface area contributed by atoms with Gasteiger partial charge in [0.2, 0.25) is 0 Å². The number of piperidine rings is 1. The molecule has 0 unspecified atom stereocenters. The number of carboxylic acid groups (broad SMARTS) is 1. The van der Waals surface area contributed by atoms with Crippen LogP contribution in [0.5, 0.6) is 5.75 Å². The maximum atomic E-state index is 12.8. The van der Waals surface area contributed by atoms with E-state index in [1.807, 2.05) is 20.8 Å². The summed E-state index contributed by atoms with van der Waals surface area (Å²) in [6.45, 7) is 8.33. The molecule has 0 radical (unpaired) electrons. The minimum Gasteiger partial charge on any atom is -0.497 e. The van der Waals surface area contributed by atoms with Crippen LogP contribution in [0.15, 0.2) is 27.8 Å². The number of hydrogen-bond acceptors (Lipinski definition) is 5. The number of likely N-dealkylation sites (tertiary alicyclic amines) is 1. The number of ether oxygens (including phenoxy) is 1. The average molecular weight is 433 g/mol. The summed E-state index contributed by atoms with van der Waals surface area (Å²) in [5.74, 6) is 0.589. The van der Waals surface area contributed by atoms with Gasteiger partial charge in [0.1, 0.15) is 5.75 Å². The van der Waals surface area contributed by atoms with E-state index in [0.29, 0.717) is 29.7 Å². The second kappa shape index (κ2) is 8.74. The number of carbonyl (C=O) groups is 1. The van der Waals surface area contributed by atoms with Crippen LogP contribution in [0.25, 0.3) is 10.9 Å². The van der Waals surface area contributed by atoms with E-state index >= 15 is 0 Å². The Labute approximate surface area is 181 Å². The van der Waals surface area contributed by atoms with Gasteiger partial charge in [0.15, 0.2) is 0 Å². The highest BCUT2D eigenvalue weighted by Gasteiger charge is 2.35. The number of nitrogens with zero attached hydrogens (tertiary/aromatic N) is 4. The molecule has 1 aliphatic rings. The Morgan fingerprint density at radius 2 is 1.84 bits per heavy atom. The third-order valence-corrected chi connectivity index (χ3v) is 6.04. The number of methoxy groups -OCH3 is 1. The molecule has 0 atom stereocenters. The van der Waals surface area contributed by atoms with E-state index in [2.05, 4.69) is 4.90 Å². The van der Waals surface area contributed by atoms with Crippen molar-refractivity contribution < 1.29 is 14.6 Å². The Morgan fingerprint density at radius 3 is 2.39 bits per heavy atom. The van der Waals surface area contributed by atoms with Gasteiger partial charge >= 0.3 is 11.8 Å². The minimum atomic E-state index is -0.886. The molecule has 3 rings (SSSR count). The molecule has 2 heterocycles. The number of hydrogen-bond donors (Lipinski definition) is 1. The van der Waals surface area contributed by atoms with Crippen molar-refractivity contribution in [1.82, 2.24) is 18.9 Å². The molecule has 1 aliphatic heterocycles. The van der Waals surface area contributed by atoms with Crippen molar-refractivity contribution in [3.8, 4) is 5.75 Å². The van der Waals surface area contributed by atoms with Crippen LogP contribution in [0.4, 0.5) is 4.79 Å². The maximum absolute atomic E-state index is 12.8. The Bertz CT molecular complexity index is 1070. The predicted molar refractivity (Wildman–Crippen MR) is 119 cm³/mol. The fraction of sp³-hybridized carbons (Fsp3) is 0.591. The highest BCUT2D eigenvalue weighted by Crippen LogP contribution is 2.25. The molecule has 1 N–H and O–H groups in total. The molecular formula is C22H32N4O5. The summed E-state index contributed by atoms with van der Waals surface area (Å²) < 4.78 is 8.02. The molecule has 1 amide bonds. The lowest BCUT2D eigenvalue weighted by Crippen LogP contribution is -2.54. The van der Waals surface area contributed by atoms with E-state index in [1.165, 1.54) is 7.05 Å². The lowest BCUT2D eigenvalue weighted by Gasteiger charge is -2.43. The largest absolute Gasteiger partial charge is 0.497 e. The van der Waals surface area contributed by atoms with Crippen LogP contribution in [-0.2, 0) is 13.6 Å². The SMILES string of the molecule is COc1ccc2c(=O)n(C)c(=O)n(CCN3CCC(N(C(=O)O)C(C)(C)C)CC3)c2c1. The van der Waals surface area contributed by atoms with E-state index in [-0.39, 0.29) is 17.3 Å². The van der Waals surface area contributed by atoms with Gasteiger partial charge in [-0.15, -0.1) is 0 Å². The molecular weight excluding hydrogens is 400 g/mol. The van der Waals surface area contributed by atoms with E-state index in [0.717, 1.165) is 30.5 Å². The first kappa shape index (κ1) is 22.9. The molecule has 0 aliphatic carbocycles. The van der Waals surface area contributed by atoms with Crippen molar-refractivity contribution in [1.29, 1.82) is 0 Å². The van der Waals surface area contributed by atoms with Crippen molar-refractivity contribution in [2.45, 2.75) is 51.7 Å². The summed E-state index contributed by atoms with van der Waals surface area (Å²) in [6.07, 6.45) is 0.615. The molecule has 0 spiro atoms. The van der Waals surface area contributed by atoms with E-state index < -0.39 is 11.6 Å². The van der Waals surface area contributed by atoms with Crippen molar-refractivity contribution >= 4 is 17.0 Å². The summed E-state index contributed by atoms with van der Waals surface area (Å²) in [5.41, 5.74) is -0.563. The molecule has 1 saturated heterocycles. The lowest BCUT2D eigenvalue weighted by atomic mass is 9.97. The monoisotopic (exact) mass is 432 g/mol. The first-order valence-corrected chi connectivity index (χ1v) is 10.6. The highest BCUT2D eigenvalue weighted by molar-refractivity contribution is 5.79. The van der Waals surface area contributed by atoms with Crippen molar-refractivity contribution in [3.63, 3.8) is 0 Å². The van der Waals surface area contributed by atoms with Crippen molar-refractivity contribution in [2.24, 2.45) is 7.05 Å². The first-order valence-electron chi connectivity index (χ1n) is 10.6. The first-order chi connectivity index (χ1) is 14.5. The topological polar surface area (TPSA) is 97.0 Å². The smallest absolute Gasteiger partial charge is 0.407 e. The standard InChI is InChI=1S/C22H32N4O5/c1-22(2,3)26(21(29)30)15-8-10-24(11-9-15)12-13-25-18-14-16(31-5)6-7-17(18)19(27)23(4)20(25)28/h6-7,14-15H,8-13H2,1-5H3,(H,29,30). The summed E-state index contributed by atoms with van der Waals surface area (Å²) >= 11 is 0. The molecule has 1 aromatic heterocycles. The van der Waals surface area contributed by atoms with Crippen molar-refractivity contribution in [3.05, 3.63) is 39.0 Å². The van der Waals surface area contributed by atoms with Crippen LogP contribution in [-0.4, -0.2) is 68.5 Å². The van der Waals surface area contributed by atoms with Gasteiger partial charge in [0, 0.05) is 50.9 Å².